The predicted molar refractivity (Wildman–Crippen MR) is 119 cm³/mol. The third kappa shape index (κ3) is 7.02. The van der Waals surface area contributed by atoms with Gasteiger partial charge in [-0.1, -0.05) is 6.07 Å². The van der Waals surface area contributed by atoms with E-state index < -0.39 is 58.1 Å². The van der Waals surface area contributed by atoms with Gasteiger partial charge >= 0.3 is 6.18 Å². The van der Waals surface area contributed by atoms with Crippen LogP contribution in [0, 0.1) is 0 Å². The molecule has 1 aliphatic rings. The molecule has 1 aliphatic carbocycles. The minimum atomic E-state index is -4.60. The van der Waals surface area contributed by atoms with Crippen LogP contribution in [-0.2, 0) is 21.0 Å². The van der Waals surface area contributed by atoms with Gasteiger partial charge in [0.1, 0.15) is 0 Å². The summed E-state index contributed by atoms with van der Waals surface area (Å²) in [6.45, 7) is -0.457. The Morgan fingerprint density at radius 3 is 2.14 bits per heavy atom. The number of nitrogens with one attached hydrogen (secondary N) is 3. The van der Waals surface area contributed by atoms with E-state index in [1.54, 1.807) is 0 Å². The number of hydrogen-bond acceptors (Lipinski definition) is 5. The molecule has 2 aromatic rings. The smallest absolute Gasteiger partial charge is 0.350 e. The maximum atomic E-state index is 12.8. The highest BCUT2D eigenvalue weighted by molar-refractivity contribution is 7.89. The minimum Gasteiger partial charge on any atom is -0.350 e. The van der Waals surface area contributed by atoms with E-state index >= 15 is 0 Å². The van der Waals surface area contributed by atoms with Gasteiger partial charge in [-0.15, -0.1) is 0 Å². The zero-order valence-electron chi connectivity index (χ0n) is 18.3. The summed E-state index contributed by atoms with van der Waals surface area (Å²) in [6.07, 6.45) is -2.72. The Labute approximate surface area is 199 Å². The van der Waals surface area contributed by atoms with Crippen LogP contribution in [0.5, 0.6) is 0 Å². The Balaban J connectivity index is 1.53. The van der Waals surface area contributed by atoms with Gasteiger partial charge in [0.2, 0.25) is 15.9 Å². The molecular weight excluding hydrogens is 489 g/mol. The first-order valence-corrected chi connectivity index (χ1v) is 12.1. The SMILES string of the molecule is NS(=O)(=O)c1ccc(C(=O)N[C@H]2CCC[C@@H]2NC(=O)CNC(=O)c2cccc(C(F)(F)F)c2)cc1. The van der Waals surface area contributed by atoms with Gasteiger partial charge in [0.25, 0.3) is 11.8 Å². The van der Waals surface area contributed by atoms with Crippen molar-refractivity contribution in [3.05, 3.63) is 65.2 Å². The molecule has 188 valence electrons. The van der Waals surface area contributed by atoms with Crippen molar-refractivity contribution < 1.29 is 36.0 Å². The summed E-state index contributed by atoms with van der Waals surface area (Å²) < 4.78 is 61.1. The molecule has 5 N–H and O–H groups in total. The number of halogens is 3. The average Bonchev–Trinajstić information content (AvgIpc) is 3.22. The van der Waals surface area contributed by atoms with Gasteiger partial charge in [0, 0.05) is 23.2 Å². The molecule has 0 aliphatic heterocycles. The average molecular weight is 513 g/mol. The van der Waals surface area contributed by atoms with Crippen LogP contribution < -0.4 is 21.1 Å². The van der Waals surface area contributed by atoms with E-state index in [-0.39, 0.29) is 16.0 Å². The van der Waals surface area contributed by atoms with Crippen LogP contribution in [0.1, 0.15) is 45.5 Å². The van der Waals surface area contributed by atoms with E-state index in [4.69, 9.17) is 5.14 Å². The van der Waals surface area contributed by atoms with Gasteiger partial charge in [-0.05, 0) is 61.7 Å². The third-order valence-corrected chi connectivity index (χ3v) is 6.41. The second kappa shape index (κ2) is 10.4. The first-order chi connectivity index (χ1) is 16.3. The summed E-state index contributed by atoms with van der Waals surface area (Å²) in [6, 6.07) is 8.10. The molecule has 1 fully saturated rings. The third-order valence-electron chi connectivity index (χ3n) is 5.49. The van der Waals surface area contributed by atoms with E-state index in [2.05, 4.69) is 16.0 Å². The lowest BCUT2D eigenvalue weighted by molar-refractivity contribution is -0.137. The maximum Gasteiger partial charge on any atom is 0.416 e. The van der Waals surface area contributed by atoms with Crippen LogP contribution in [0.25, 0.3) is 0 Å². The highest BCUT2D eigenvalue weighted by atomic mass is 32.2. The molecule has 0 radical (unpaired) electrons. The van der Waals surface area contributed by atoms with Gasteiger partial charge in [-0.3, -0.25) is 14.4 Å². The molecule has 0 spiro atoms. The van der Waals surface area contributed by atoms with Crippen LogP contribution >= 0.6 is 0 Å². The van der Waals surface area contributed by atoms with Crippen LogP contribution in [-0.4, -0.2) is 44.8 Å². The zero-order valence-corrected chi connectivity index (χ0v) is 19.1. The standard InChI is InChI=1S/C22H23F3N4O5S/c23-22(24,25)15-4-1-3-14(11-15)20(31)27-12-19(30)28-17-5-2-6-18(17)29-21(32)13-7-9-16(10-8-13)35(26,33)34/h1,3-4,7-11,17-18H,2,5-6,12H2,(H,27,31)(H,28,30)(H,29,32)(H2,26,33,34)/t17-,18-/m0/s1. The van der Waals surface area contributed by atoms with Crippen molar-refractivity contribution in [1.29, 1.82) is 0 Å². The van der Waals surface area contributed by atoms with E-state index in [0.717, 1.165) is 18.6 Å². The van der Waals surface area contributed by atoms with Gasteiger partial charge < -0.3 is 16.0 Å². The van der Waals surface area contributed by atoms with Crippen LogP contribution in [0.2, 0.25) is 0 Å². The van der Waals surface area contributed by atoms with Gasteiger partial charge in [-0.25, -0.2) is 13.6 Å². The molecule has 0 heterocycles. The molecule has 13 heteroatoms. The number of nitrogens with two attached hydrogens (primary N) is 1. The molecule has 0 unspecified atom stereocenters. The topological polar surface area (TPSA) is 147 Å². The van der Waals surface area contributed by atoms with Crippen molar-refractivity contribution in [2.45, 2.75) is 42.4 Å². The number of hydrogen-bond donors (Lipinski definition) is 4. The first-order valence-electron chi connectivity index (χ1n) is 10.5. The molecule has 9 nitrogen and oxygen atoms in total. The lowest BCUT2D eigenvalue weighted by atomic mass is 10.1. The summed E-state index contributed by atoms with van der Waals surface area (Å²) >= 11 is 0. The first kappa shape index (κ1) is 26.2. The predicted octanol–water partition coefficient (Wildman–Crippen LogP) is 1.55. The second-order valence-electron chi connectivity index (χ2n) is 8.02. The van der Waals surface area contributed by atoms with Crippen molar-refractivity contribution in [1.82, 2.24) is 16.0 Å². The normalized spacial score (nSPS) is 18.1. The van der Waals surface area contributed by atoms with E-state index in [1.807, 2.05) is 0 Å². The van der Waals surface area contributed by atoms with Gasteiger partial charge in [0.15, 0.2) is 0 Å². The molecule has 35 heavy (non-hydrogen) atoms. The Bertz CT molecular complexity index is 1220. The van der Waals surface area contributed by atoms with E-state index in [9.17, 15) is 36.0 Å². The Hall–Kier alpha value is -3.45. The molecule has 0 aromatic heterocycles. The number of amides is 3. The fourth-order valence-electron chi connectivity index (χ4n) is 3.71. The Morgan fingerprint density at radius 1 is 0.914 bits per heavy atom. The Morgan fingerprint density at radius 2 is 1.54 bits per heavy atom. The number of carbonyl (C=O) groups is 3. The van der Waals surface area contributed by atoms with Crippen molar-refractivity contribution in [2.75, 3.05) is 6.54 Å². The molecule has 2 aromatic carbocycles. The lowest BCUT2D eigenvalue weighted by Gasteiger charge is -2.22. The largest absolute Gasteiger partial charge is 0.416 e. The number of rotatable bonds is 7. The fourth-order valence-corrected chi connectivity index (χ4v) is 4.23. The maximum absolute atomic E-state index is 12.8. The summed E-state index contributed by atoms with van der Waals surface area (Å²) in [7, 11) is -3.89. The highest BCUT2D eigenvalue weighted by Gasteiger charge is 2.32. The van der Waals surface area contributed by atoms with E-state index in [0.29, 0.717) is 18.9 Å². The number of primary sulfonamides is 1. The highest BCUT2D eigenvalue weighted by Crippen LogP contribution is 2.29. The van der Waals surface area contributed by atoms with Crippen molar-refractivity contribution >= 4 is 27.7 Å². The summed E-state index contributed by atoms with van der Waals surface area (Å²) in [5, 5.41) is 12.8. The lowest BCUT2D eigenvalue weighted by Crippen LogP contribution is -2.50. The van der Waals surface area contributed by atoms with E-state index in [1.165, 1.54) is 30.3 Å². The van der Waals surface area contributed by atoms with Crippen molar-refractivity contribution in [3.63, 3.8) is 0 Å². The minimum absolute atomic E-state index is 0.132. The van der Waals surface area contributed by atoms with Crippen molar-refractivity contribution in [2.24, 2.45) is 5.14 Å². The number of carbonyl (C=O) groups excluding carboxylic acids is 3. The van der Waals surface area contributed by atoms with Crippen LogP contribution in [0.15, 0.2) is 53.4 Å². The monoisotopic (exact) mass is 512 g/mol. The quantitative estimate of drug-likeness (QED) is 0.444. The summed E-state index contributed by atoms with van der Waals surface area (Å²) in [5.41, 5.74) is -0.992. The summed E-state index contributed by atoms with van der Waals surface area (Å²) in [5.74, 6) is -1.85. The second-order valence-corrected chi connectivity index (χ2v) is 9.58. The number of benzene rings is 2. The zero-order chi connectivity index (χ0) is 25.8. The van der Waals surface area contributed by atoms with Crippen LogP contribution in [0.3, 0.4) is 0 Å². The summed E-state index contributed by atoms with van der Waals surface area (Å²) in [4.78, 5) is 36.9. The molecule has 3 rings (SSSR count). The fraction of sp³-hybridized carbons (Fsp3) is 0.318. The Kier molecular flexibility index (Phi) is 7.80. The number of sulfonamides is 1. The molecule has 0 saturated heterocycles. The molecule has 1 saturated carbocycles. The van der Waals surface area contributed by atoms with Crippen LogP contribution in [0.4, 0.5) is 13.2 Å². The van der Waals surface area contributed by atoms with Gasteiger partial charge in [0.05, 0.1) is 17.0 Å². The molecule has 2 atom stereocenters. The molecule has 3 amide bonds. The molecular formula is C22H23F3N4O5S. The van der Waals surface area contributed by atoms with Gasteiger partial charge in [-0.2, -0.15) is 13.2 Å². The van der Waals surface area contributed by atoms with Crippen molar-refractivity contribution in [3.8, 4) is 0 Å². The molecule has 0 bridgehead atoms. The number of alkyl halides is 3.